The van der Waals surface area contributed by atoms with E-state index in [1.165, 1.54) is 0 Å². The van der Waals surface area contributed by atoms with Crippen molar-refractivity contribution in [1.29, 1.82) is 0 Å². The number of rotatable bonds is 3. The lowest BCUT2D eigenvalue weighted by atomic mass is 10.2. The molecule has 1 N–H and O–H groups in total. The van der Waals surface area contributed by atoms with Gasteiger partial charge in [0, 0.05) is 36.9 Å². The zero-order valence-electron chi connectivity index (χ0n) is 9.88. The molecule has 18 heavy (non-hydrogen) atoms. The standard InChI is InChI=1S/C12H15ClN2O2.ClH/c13-10-1-3-11(4-2-10)15-7-5-14(6-8-15)9-12(16)17;/h1-4H,5-9H2,(H,16,17);1H. The molecular formula is C12H16Cl2N2O2. The van der Waals surface area contributed by atoms with Crippen molar-refractivity contribution in [3.63, 3.8) is 0 Å². The number of carboxylic acid groups (broad SMARTS) is 1. The summed E-state index contributed by atoms with van der Waals surface area (Å²) in [5.74, 6) is -0.759. The van der Waals surface area contributed by atoms with Gasteiger partial charge >= 0.3 is 5.97 Å². The van der Waals surface area contributed by atoms with E-state index in [0.717, 1.165) is 36.9 Å². The van der Waals surface area contributed by atoms with Crippen LogP contribution in [0.1, 0.15) is 0 Å². The molecule has 1 aliphatic heterocycles. The molecule has 6 heteroatoms. The number of hydrogen-bond acceptors (Lipinski definition) is 3. The number of carbonyl (C=O) groups is 1. The Kier molecular flexibility index (Phi) is 5.72. The van der Waals surface area contributed by atoms with Gasteiger partial charge in [0.05, 0.1) is 6.54 Å². The highest BCUT2D eigenvalue weighted by Crippen LogP contribution is 2.19. The van der Waals surface area contributed by atoms with Crippen LogP contribution >= 0.6 is 24.0 Å². The van der Waals surface area contributed by atoms with Crippen molar-refractivity contribution >= 4 is 35.7 Å². The zero-order chi connectivity index (χ0) is 12.3. The van der Waals surface area contributed by atoms with Gasteiger partial charge in [-0.2, -0.15) is 0 Å². The Morgan fingerprint density at radius 1 is 1.17 bits per heavy atom. The fraction of sp³-hybridized carbons (Fsp3) is 0.417. The fourth-order valence-electron chi connectivity index (χ4n) is 2.01. The van der Waals surface area contributed by atoms with Gasteiger partial charge in [-0.15, -0.1) is 12.4 Å². The highest BCUT2D eigenvalue weighted by atomic mass is 35.5. The Bertz CT molecular complexity index is 390. The summed E-state index contributed by atoms with van der Waals surface area (Å²) in [6.45, 7) is 3.42. The monoisotopic (exact) mass is 290 g/mol. The lowest BCUT2D eigenvalue weighted by Crippen LogP contribution is -2.47. The summed E-state index contributed by atoms with van der Waals surface area (Å²) < 4.78 is 0. The molecular weight excluding hydrogens is 275 g/mol. The van der Waals surface area contributed by atoms with Crippen LogP contribution in [0, 0.1) is 0 Å². The second-order valence-corrected chi connectivity index (χ2v) is 4.57. The van der Waals surface area contributed by atoms with Crippen LogP contribution in [0.2, 0.25) is 5.02 Å². The van der Waals surface area contributed by atoms with Crippen LogP contribution in [-0.4, -0.2) is 48.7 Å². The summed E-state index contributed by atoms with van der Waals surface area (Å²) in [7, 11) is 0. The summed E-state index contributed by atoms with van der Waals surface area (Å²) in [6.07, 6.45) is 0. The molecule has 1 fully saturated rings. The first-order valence-electron chi connectivity index (χ1n) is 5.60. The van der Waals surface area contributed by atoms with Gasteiger partial charge in [0.15, 0.2) is 0 Å². The number of benzene rings is 1. The Balaban J connectivity index is 0.00000162. The van der Waals surface area contributed by atoms with Gasteiger partial charge in [-0.25, -0.2) is 0 Å². The molecule has 1 aliphatic rings. The minimum Gasteiger partial charge on any atom is -0.480 e. The van der Waals surface area contributed by atoms with Gasteiger partial charge in [-0.05, 0) is 24.3 Å². The molecule has 0 spiro atoms. The normalized spacial score (nSPS) is 16.2. The number of hydrogen-bond donors (Lipinski definition) is 1. The Morgan fingerprint density at radius 3 is 2.22 bits per heavy atom. The Morgan fingerprint density at radius 2 is 1.72 bits per heavy atom. The third-order valence-electron chi connectivity index (χ3n) is 2.92. The number of carboxylic acids is 1. The molecule has 0 amide bonds. The van der Waals surface area contributed by atoms with E-state index in [2.05, 4.69) is 4.90 Å². The molecule has 0 bridgehead atoms. The largest absolute Gasteiger partial charge is 0.480 e. The molecule has 0 radical (unpaired) electrons. The fourth-order valence-corrected chi connectivity index (χ4v) is 2.13. The second kappa shape index (κ2) is 6.83. The predicted molar refractivity (Wildman–Crippen MR) is 75.0 cm³/mol. The summed E-state index contributed by atoms with van der Waals surface area (Å²) >= 11 is 5.84. The molecule has 100 valence electrons. The van der Waals surface area contributed by atoms with Gasteiger partial charge < -0.3 is 10.0 Å². The van der Waals surface area contributed by atoms with E-state index >= 15 is 0 Å². The highest BCUT2D eigenvalue weighted by Gasteiger charge is 2.18. The molecule has 1 heterocycles. The molecule has 0 aromatic heterocycles. The van der Waals surface area contributed by atoms with Crippen molar-refractivity contribution in [2.75, 3.05) is 37.6 Å². The van der Waals surface area contributed by atoms with Crippen molar-refractivity contribution in [3.8, 4) is 0 Å². The Hall–Kier alpha value is -0.970. The second-order valence-electron chi connectivity index (χ2n) is 4.13. The predicted octanol–water partition coefficient (Wildman–Crippen LogP) is 1.97. The smallest absolute Gasteiger partial charge is 0.317 e. The van der Waals surface area contributed by atoms with Crippen molar-refractivity contribution in [3.05, 3.63) is 29.3 Å². The number of piperazine rings is 1. The van der Waals surface area contributed by atoms with Crippen molar-refractivity contribution in [2.45, 2.75) is 0 Å². The minimum absolute atomic E-state index is 0. The average Bonchev–Trinajstić information content (AvgIpc) is 2.30. The van der Waals surface area contributed by atoms with Gasteiger partial charge in [0.2, 0.25) is 0 Å². The topological polar surface area (TPSA) is 43.8 Å². The van der Waals surface area contributed by atoms with Crippen LogP contribution in [-0.2, 0) is 4.79 Å². The lowest BCUT2D eigenvalue weighted by Gasteiger charge is -2.35. The average molecular weight is 291 g/mol. The molecule has 0 saturated carbocycles. The third-order valence-corrected chi connectivity index (χ3v) is 3.17. The van der Waals surface area contributed by atoms with E-state index in [1.54, 1.807) is 0 Å². The Labute approximate surface area is 118 Å². The number of nitrogens with zero attached hydrogens (tertiary/aromatic N) is 2. The van der Waals surface area contributed by atoms with E-state index in [4.69, 9.17) is 16.7 Å². The van der Waals surface area contributed by atoms with E-state index in [0.29, 0.717) is 0 Å². The number of halogens is 2. The molecule has 1 aromatic rings. The van der Waals surface area contributed by atoms with Crippen LogP contribution in [0.5, 0.6) is 0 Å². The maximum atomic E-state index is 10.6. The van der Waals surface area contributed by atoms with Gasteiger partial charge in [-0.1, -0.05) is 11.6 Å². The molecule has 2 rings (SSSR count). The minimum atomic E-state index is -0.759. The first-order chi connectivity index (χ1) is 8.15. The zero-order valence-corrected chi connectivity index (χ0v) is 11.5. The third kappa shape index (κ3) is 4.05. The van der Waals surface area contributed by atoms with Crippen molar-refractivity contribution in [1.82, 2.24) is 4.90 Å². The van der Waals surface area contributed by atoms with Gasteiger partial charge in [0.1, 0.15) is 0 Å². The van der Waals surface area contributed by atoms with Crippen molar-refractivity contribution in [2.24, 2.45) is 0 Å². The number of anilines is 1. The van der Waals surface area contributed by atoms with Gasteiger partial charge in [-0.3, -0.25) is 9.69 Å². The van der Waals surface area contributed by atoms with Crippen LogP contribution < -0.4 is 4.90 Å². The first-order valence-corrected chi connectivity index (χ1v) is 5.97. The van der Waals surface area contributed by atoms with Crippen LogP contribution in [0.15, 0.2) is 24.3 Å². The first kappa shape index (κ1) is 15.1. The highest BCUT2D eigenvalue weighted by molar-refractivity contribution is 6.30. The van der Waals surface area contributed by atoms with E-state index in [-0.39, 0.29) is 19.0 Å². The van der Waals surface area contributed by atoms with Crippen molar-refractivity contribution < 1.29 is 9.90 Å². The molecule has 0 unspecified atom stereocenters. The van der Waals surface area contributed by atoms with E-state index in [9.17, 15) is 4.79 Å². The maximum absolute atomic E-state index is 10.6. The molecule has 4 nitrogen and oxygen atoms in total. The van der Waals surface area contributed by atoms with E-state index < -0.39 is 5.97 Å². The quantitative estimate of drug-likeness (QED) is 0.924. The van der Waals surface area contributed by atoms with E-state index in [1.807, 2.05) is 29.2 Å². The molecule has 0 aliphatic carbocycles. The maximum Gasteiger partial charge on any atom is 0.317 e. The molecule has 0 atom stereocenters. The van der Waals surface area contributed by atoms with Crippen LogP contribution in [0.4, 0.5) is 5.69 Å². The van der Waals surface area contributed by atoms with Crippen LogP contribution in [0.25, 0.3) is 0 Å². The summed E-state index contributed by atoms with van der Waals surface area (Å²) in [5.41, 5.74) is 1.14. The summed E-state index contributed by atoms with van der Waals surface area (Å²) in [4.78, 5) is 14.8. The molecule has 1 saturated heterocycles. The SMILES string of the molecule is Cl.O=C(O)CN1CCN(c2ccc(Cl)cc2)CC1. The van der Waals surface area contributed by atoms with Gasteiger partial charge in [0.25, 0.3) is 0 Å². The van der Waals surface area contributed by atoms with Crippen LogP contribution in [0.3, 0.4) is 0 Å². The summed E-state index contributed by atoms with van der Waals surface area (Å²) in [5, 5.41) is 9.44. The summed E-state index contributed by atoms with van der Waals surface area (Å²) in [6, 6.07) is 7.74. The number of aliphatic carboxylic acids is 1. The molecule has 1 aromatic carbocycles. The lowest BCUT2D eigenvalue weighted by molar-refractivity contribution is -0.138.